The average Bonchev–Trinajstić information content (AvgIpc) is 2.02. The Kier molecular flexibility index (Phi) is 20.0. The van der Waals surface area contributed by atoms with Gasteiger partial charge in [-0.1, -0.05) is 13.8 Å². The van der Waals surface area contributed by atoms with Crippen molar-refractivity contribution in [2.45, 2.75) is 13.8 Å². The fourth-order valence-electron chi connectivity index (χ4n) is 0.299. The number of methoxy groups -OCH3 is 1. The average molecular weight is 152 g/mol. The van der Waals surface area contributed by atoms with Crippen molar-refractivity contribution in [3.05, 3.63) is 0 Å². The van der Waals surface area contributed by atoms with E-state index in [0.717, 1.165) is 0 Å². The molecule has 0 aromatic carbocycles. The molecule has 0 bridgehead atoms. The highest BCUT2D eigenvalue weighted by Crippen LogP contribution is 1.75. The SMILES string of the molecule is CC.COCCOCCF. The Morgan fingerprint density at radius 3 is 2.10 bits per heavy atom. The molecule has 0 unspecified atom stereocenters. The van der Waals surface area contributed by atoms with Crippen molar-refractivity contribution in [1.29, 1.82) is 0 Å². The molecule has 0 fully saturated rings. The monoisotopic (exact) mass is 152 g/mol. The van der Waals surface area contributed by atoms with E-state index in [0.29, 0.717) is 13.2 Å². The predicted octanol–water partition coefficient (Wildman–Crippen LogP) is 1.65. The summed E-state index contributed by atoms with van der Waals surface area (Å²) in [6.07, 6.45) is 0. The Morgan fingerprint density at radius 1 is 1.10 bits per heavy atom. The minimum Gasteiger partial charge on any atom is -0.382 e. The molecule has 0 saturated heterocycles. The van der Waals surface area contributed by atoms with Crippen molar-refractivity contribution in [2.75, 3.05) is 33.6 Å². The standard InChI is InChI=1S/C5H11FO2.C2H6/c1-7-4-5-8-3-2-6;1-2/h2-5H2,1H3;1-2H3. The van der Waals surface area contributed by atoms with Crippen LogP contribution >= 0.6 is 0 Å². The molecule has 0 radical (unpaired) electrons. The van der Waals surface area contributed by atoms with Gasteiger partial charge in [-0.3, -0.25) is 0 Å². The Morgan fingerprint density at radius 2 is 1.70 bits per heavy atom. The van der Waals surface area contributed by atoms with Crippen molar-refractivity contribution < 1.29 is 13.9 Å². The van der Waals surface area contributed by atoms with E-state index < -0.39 is 6.67 Å². The Hall–Kier alpha value is -0.150. The molecule has 0 aromatic rings. The number of rotatable bonds is 5. The summed E-state index contributed by atoms with van der Waals surface area (Å²) in [6, 6.07) is 0. The van der Waals surface area contributed by atoms with Crippen LogP contribution in [0.25, 0.3) is 0 Å². The molecule has 10 heavy (non-hydrogen) atoms. The van der Waals surface area contributed by atoms with Gasteiger partial charge in [0, 0.05) is 7.11 Å². The lowest BCUT2D eigenvalue weighted by Crippen LogP contribution is -2.03. The van der Waals surface area contributed by atoms with E-state index in [2.05, 4.69) is 4.74 Å². The van der Waals surface area contributed by atoms with E-state index in [9.17, 15) is 4.39 Å². The van der Waals surface area contributed by atoms with Crippen LogP contribution in [-0.4, -0.2) is 33.6 Å². The van der Waals surface area contributed by atoms with E-state index >= 15 is 0 Å². The third-order valence-electron chi connectivity index (χ3n) is 0.653. The summed E-state index contributed by atoms with van der Waals surface area (Å²) in [4.78, 5) is 0. The number of halogens is 1. The van der Waals surface area contributed by atoms with Crippen molar-refractivity contribution in [3.8, 4) is 0 Å². The molecule has 2 nitrogen and oxygen atoms in total. The van der Waals surface area contributed by atoms with Crippen LogP contribution in [-0.2, 0) is 9.47 Å². The van der Waals surface area contributed by atoms with E-state index in [1.165, 1.54) is 0 Å². The maximum absolute atomic E-state index is 11.3. The molecule has 0 spiro atoms. The zero-order valence-corrected chi connectivity index (χ0v) is 7.02. The van der Waals surface area contributed by atoms with Crippen molar-refractivity contribution in [3.63, 3.8) is 0 Å². The molecular weight excluding hydrogens is 135 g/mol. The van der Waals surface area contributed by atoms with Gasteiger partial charge in [0.05, 0.1) is 19.8 Å². The molecule has 3 heteroatoms. The molecular formula is C7H17FO2. The molecule has 0 aliphatic heterocycles. The van der Waals surface area contributed by atoms with Crippen LogP contribution in [0.5, 0.6) is 0 Å². The summed E-state index contributed by atoms with van der Waals surface area (Å²) >= 11 is 0. The Bertz CT molecular complexity index is 36.6. The van der Waals surface area contributed by atoms with Gasteiger partial charge >= 0.3 is 0 Å². The van der Waals surface area contributed by atoms with Gasteiger partial charge in [-0.05, 0) is 0 Å². The quantitative estimate of drug-likeness (QED) is 0.558. The first-order valence-electron chi connectivity index (χ1n) is 3.54. The zero-order chi connectivity index (χ0) is 8.24. The smallest absolute Gasteiger partial charge is 0.113 e. The van der Waals surface area contributed by atoms with Crippen LogP contribution in [0.3, 0.4) is 0 Å². The van der Waals surface area contributed by atoms with Crippen LogP contribution in [0.15, 0.2) is 0 Å². The number of alkyl halides is 1. The molecule has 0 amide bonds. The van der Waals surface area contributed by atoms with Gasteiger partial charge < -0.3 is 9.47 Å². The maximum atomic E-state index is 11.3. The summed E-state index contributed by atoms with van der Waals surface area (Å²) in [5, 5.41) is 0. The van der Waals surface area contributed by atoms with E-state index in [1.54, 1.807) is 7.11 Å². The van der Waals surface area contributed by atoms with Gasteiger partial charge in [0.2, 0.25) is 0 Å². The number of hydrogen-bond acceptors (Lipinski definition) is 2. The molecule has 0 aliphatic rings. The van der Waals surface area contributed by atoms with Crippen LogP contribution in [0.1, 0.15) is 13.8 Å². The second kappa shape index (κ2) is 15.9. The van der Waals surface area contributed by atoms with Crippen LogP contribution in [0, 0.1) is 0 Å². The number of ether oxygens (including phenoxy) is 2. The molecule has 64 valence electrons. The normalized spacial score (nSPS) is 8.40. The number of hydrogen-bond donors (Lipinski definition) is 0. The van der Waals surface area contributed by atoms with E-state index in [-0.39, 0.29) is 6.61 Å². The van der Waals surface area contributed by atoms with Gasteiger partial charge in [-0.2, -0.15) is 0 Å². The highest BCUT2D eigenvalue weighted by molar-refractivity contribution is 4.26. The minimum absolute atomic E-state index is 0.184. The van der Waals surface area contributed by atoms with Gasteiger partial charge in [0.15, 0.2) is 0 Å². The Labute approximate surface area is 62.3 Å². The lowest BCUT2D eigenvalue weighted by molar-refractivity contribution is 0.0636. The van der Waals surface area contributed by atoms with Gasteiger partial charge in [-0.15, -0.1) is 0 Å². The summed E-state index contributed by atoms with van der Waals surface area (Å²) in [6.45, 7) is 4.80. The molecule has 0 aliphatic carbocycles. The lowest BCUT2D eigenvalue weighted by atomic mass is 10.7. The summed E-state index contributed by atoms with van der Waals surface area (Å²) < 4.78 is 20.6. The fourth-order valence-corrected chi connectivity index (χ4v) is 0.299. The van der Waals surface area contributed by atoms with Crippen LogP contribution in [0.2, 0.25) is 0 Å². The molecule has 0 saturated carbocycles. The topological polar surface area (TPSA) is 18.5 Å². The molecule has 0 aromatic heterocycles. The predicted molar refractivity (Wildman–Crippen MR) is 40.0 cm³/mol. The van der Waals surface area contributed by atoms with Gasteiger partial charge in [-0.25, -0.2) is 4.39 Å². The minimum atomic E-state index is -0.413. The third kappa shape index (κ3) is 15.7. The van der Waals surface area contributed by atoms with Crippen molar-refractivity contribution >= 4 is 0 Å². The van der Waals surface area contributed by atoms with E-state index in [1.807, 2.05) is 13.8 Å². The molecule has 0 rings (SSSR count). The second-order valence-corrected chi connectivity index (χ2v) is 1.29. The largest absolute Gasteiger partial charge is 0.382 e. The van der Waals surface area contributed by atoms with E-state index in [4.69, 9.17) is 4.74 Å². The van der Waals surface area contributed by atoms with Crippen molar-refractivity contribution in [1.82, 2.24) is 0 Å². The first-order valence-corrected chi connectivity index (χ1v) is 3.54. The highest BCUT2D eigenvalue weighted by Gasteiger charge is 1.83. The third-order valence-corrected chi connectivity index (χ3v) is 0.653. The molecule has 0 heterocycles. The summed E-state index contributed by atoms with van der Waals surface area (Å²) in [5.74, 6) is 0. The van der Waals surface area contributed by atoms with Crippen LogP contribution < -0.4 is 0 Å². The molecule has 0 N–H and O–H groups in total. The lowest BCUT2D eigenvalue weighted by Gasteiger charge is -1.97. The highest BCUT2D eigenvalue weighted by atomic mass is 19.1. The van der Waals surface area contributed by atoms with Gasteiger partial charge in [0.1, 0.15) is 6.67 Å². The first-order chi connectivity index (χ1) is 4.91. The fraction of sp³-hybridized carbons (Fsp3) is 1.00. The zero-order valence-electron chi connectivity index (χ0n) is 7.02. The first kappa shape index (κ1) is 12.5. The van der Waals surface area contributed by atoms with Crippen LogP contribution in [0.4, 0.5) is 4.39 Å². The van der Waals surface area contributed by atoms with Crippen molar-refractivity contribution in [2.24, 2.45) is 0 Å². The second-order valence-electron chi connectivity index (χ2n) is 1.29. The summed E-state index contributed by atoms with van der Waals surface area (Å²) in [7, 11) is 1.58. The Balaban J connectivity index is 0. The summed E-state index contributed by atoms with van der Waals surface area (Å²) in [5.41, 5.74) is 0. The molecule has 0 atom stereocenters. The van der Waals surface area contributed by atoms with Gasteiger partial charge in [0.25, 0.3) is 0 Å². The maximum Gasteiger partial charge on any atom is 0.113 e.